The van der Waals surface area contributed by atoms with Crippen LogP contribution in [0, 0.1) is 5.41 Å². The zero-order valence-electron chi connectivity index (χ0n) is 16.5. The van der Waals surface area contributed by atoms with Gasteiger partial charge in [0.1, 0.15) is 0 Å². The van der Waals surface area contributed by atoms with Crippen molar-refractivity contribution in [2.75, 3.05) is 5.32 Å². The van der Waals surface area contributed by atoms with Crippen LogP contribution in [-0.4, -0.2) is 20.5 Å². The number of Topliss-reactive ketones (excluding diaryl/α,β-unsaturated/α-hetero) is 1. The van der Waals surface area contributed by atoms with Crippen LogP contribution in [0.25, 0.3) is 16.2 Å². The number of carbonyl (C=O) groups is 1. The van der Waals surface area contributed by atoms with Gasteiger partial charge in [-0.3, -0.25) is 4.79 Å². The maximum atomic E-state index is 13.1. The van der Waals surface area contributed by atoms with Gasteiger partial charge in [0.05, 0.1) is 26.8 Å². The van der Waals surface area contributed by atoms with Crippen molar-refractivity contribution < 1.29 is 4.79 Å². The van der Waals surface area contributed by atoms with Crippen molar-refractivity contribution in [1.29, 1.82) is 0 Å². The van der Waals surface area contributed by atoms with Gasteiger partial charge in [-0.05, 0) is 42.2 Å². The van der Waals surface area contributed by atoms with Gasteiger partial charge in [0, 0.05) is 17.2 Å². The Morgan fingerprint density at radius 2 is 1.90 bits per heavy atom. The highest BCUT2D eigenvalue weighted by Gasteiger charge is 2.37. The highest BCUT2D eigenvalue weighted by Crippen LogP contribution is 2.41. The Kier molecular flexibility index (Phi) is 4.66. The van der Waals surface area contributed by atoms with Crippen LogP contribution in [0.2, 0.25) is 10.0 Å². The number of aromatic nitrogens is 3. The third-order valence-corrected chi connectivity index (χ3v) is 7.28. The Labute approximate surface area is 185 Å². The molecule has 0 fully saturated rings. The molecule has 0 radical (unpaired) electrons. The van der Waals surface area contributed by atoms with Gasteiger partial charge in [-0.1, -0.05) is 57.4 Å². The van der Waals surface area contributed by atoms with Crippen LogP contribution in [0.15, 0.2) is 42.5 Å². The summed E-state index contributed by atoms with van der Waals surface area (Å²) >= 11 is 12.2. The molecule has 0 bridgehead atoms. The number of anilines is 2. The third kappa shape index (κ3) is 3.41. The molecular formula is C22H19Cl2N4OP. The van der Waals surface area contributed by atoms with E-state index in [1.807, 2.05) is 28.9 Å². The number of hydrogen-bond acceptors (Lipinski definition) is 4. The van der Waals surface area contributed by atoms with Crippen LogP contribution < -0.4 is 5.32 Å². The van der Waals surface area contributed by atoms with Crippen LogP contribution in [0.4, 0.5) is 11.5 Å². The van der Waals surface area contributed by atoms with Crippen LogP contribution in [0.3, 0.4) is 0 Å². The molecule has 30 heavy (non-hydrogen) atoms. The number of ketones is 1. The molecule has 152 valence electrons. The molecule has 4 aromatic rings. The molecule has 1 atom stereocenters. The summed E-state index contributed by atoms with van der Waals surface area (Å²) in [6, 6.07) is 13.4. The molecule has 0 amide bonds. The molecule has 2 heterocycles. The molecule has 1 aliphatic carbocycles. The molecule has 2 aromatic carbocycles. The lowest BCUT2D eigenvalue weighted by atomic mass is 9.76. The van der Waals surface area contributed by atoms with Crippen molar-refractivity contribution in [3.8, 4) is 5.55 Å². The van der Waals surface area contributed by atoms with E-state index in [1.165, 1.54) is 5.12 Å². The van der Waals surface area contributed by atoms with Crippen molar-refractivity contribution in [3.05, 3.63) is 63.8 Å². The zero-order chi connectivity index (χ0) is 21.0. The van der Waals surface area contributed by atoms with Crippen molar-refractivity contribution in [3.63, 3.8) is 0 Å². The Morgan fingerprint density at radius 1 is 1.10 bits per heavy atom. The van der Waals surface area contributed by atoms with E-state index in [0.717, 1.165) is 28.9 Å². The summed E-state index contributed by atoms with van der Waals surface area (Å²) in [7, 11) is 0.394. The number of fused-ring (bicyclic) bond motifs is 2. The minimum atomic E-state index is -0.127. The van der Waals surface area contributed by atoms with Gasteiger partial charge in [-0.15, -0.1) is 5.10 Å². The summed E-state index contributed by atoms with van der Waals surface area (Å²) < 4.78 is 1.87. The minimum absolute atomic E-state index is 0.0921. The second-order valence-electron chi connectivity index (χ2n) is 8.35. The topological polar surface area (TPSA) is 59.8 Å². The Hall–Kier alpha value is -2.33. The van der Waals surface area contributed by atoms with E-state index in [0.29, 0.717) is 36.0 Å². The van der Waals surface area contributed by atoms with Gasteiger partial charge >= 0.3 is 0 Å². The zero-order valence-corrected chi connectivity index (χ0v) is 19.0. The van der Waals surface area contributed by atoms with E-state index in [-0.39, 0.29) is 11.2 Å². The van der Waals surface area contributed by atoms with Gasteiger partial charge < -0.3 is 5.32 Å². The number of nitrogens with zero attached hydrogens (tertiary/aromatic N) is 3. The van der Waals surface area contributed by atoms with Gasteiger partial charge in [-0.25, -0.2) is 9.67 Å². The Balaban J connectivity index is 1.66. The highest BCUT2D eigenvalue weighted by atomic mass is 35.5. The fourth-order valence-electron chi connectivity index (χ4n) is 3.96. The minimum Gasteiger partial charge on any atom is -0.338 e. The molecular weight excluding hydrogens is 438 g/mol. The molecule has 2 aromatic heterocycles. The van der Waals surface area contributed by atoms with Gasteiger partial charge in [0.2, 0.25) is 0 Å². The molecule has 0 saturated carbocycles. The predicted octanol–water partition coefficient (Wildman–Crippen LogP) is 6.66. The molecule has 8 heteroatoms. The van der Waals surface area contributed by atoms with Gasteiger partial charge in [-0.2, -0.15) is 0 Å². The number of hydrogen-bond donors (Lipinski definition) is 1. The fourth-order valence-corrected chi connectivity index (χ4v) is 5.41. The first-order valence-electron chi connectivity index (χ1n) is 9.63. The van der Waals surface area contributed by atoms with E-state index in [9.17, 15) is 4.79 Å². The Bertz CT molecular complexity index is 1270. The second-order valence-corrected chi connectivity index (χ2v) is 10.4. The summed E-state index contributed by atoms with van der Waals surface area (Å²) in [5.74, 6) is 0.627. The lowest BCUT2D eigenvalue weighted by Gasteiger charge is -2.28. The Morgan fingerprint density at radius 3 is 2.67 bits per heavy atom. The first-order valence-corrected chi connectivity index (χ1v) is 11.4. The van der Waals surface area contributed by atoms with E-state index >= 15 is 0 Å². The van der Waals surface area contributed by atoms with Crippen LogP contribution in [-0.2, 0) is 6.42 Å². The quantitative estimate of drug-likeness (QED) is 0.374. The average molecular weight is 457 g/mol. The van der Waals surface area contributed by atoms with Gasteiger partial charge in [0.25, 0.3) is 0 Å². The molecule has 0 aliphatic heterocycles. The maximum Gasteiger partial charge on any atom is 0.170 e. The van der Waals surface area contributed by atoms with E-state index in [2.05, 4.69) is 25.2 Å². The number of nitrogens with one attached hydrogen (secondary N) is 1. The molecule has 1 aliphatic rings. The van der Waals surface area contributed by atoms with E-state index < -0.39 is 0 Å². The van der Waals surface area contributed by atoms with Crippen molar-refractivity contribution in [2.45, 2.75) is 26.7 Å². The SMILES string of the molecule is CC1(C)CC(=O)c2c(Nc3ccc(Cl)c(Cl)c3)nn(-c3nc4ccccc4[pH]3)c2C1. The standard InChI is InChI=1S/C22H19Cl2N4OP/c1-22(2)10-16-19(17(29)11-22)20(25-12-7-8-13(23)14(24)9-12)27-28(16)21-26-15-5-3-4-6-18(15)30-21/h3-9,30H,10-11H2,1-2H3,(H,25,27). The molecule has 1 N–H and O–H groups in total. The van der Waals surface area contributed by atoms with E-state index in [1.54, 1.807) is 12.1 Å². The number of rotatable bonds is 3. The maximum absolute atomic E-state index is 13.1. The summed E-state index contributed by atoms with van der Waals surface area (Å²) in [6.07, 6.45) is 1.24. The first-order chi connectivity index (χ1) is 14.3. The molecule has 5 rings (SSSR count). The lowest BCUT2D eigenvalue weighted by molar-refractivity contribution is 0.0912. The number of halogens is 2. The van der Waals surface area contributed by atoms with E-state index in [4.69, 9.17) is 33.3 Å². The predicted molar refractivity (Wildman–Crippen MR) is 125 cm³/mol. The summed E-state index contributed by atoms with van der Waals surface area (Å²) in [6.45, 7) is 4.23. The molecule has 1 unspecified atom stereocenters. The lowest BCUT2D eigenvalue weighted by Crippen LogP contribution is -2.28. The van der Waals surface area contributed by atoms with Crippen molar-refractivity contribution in [1.82, 2.24) is 14.8 Å². The summed E-state index contributed by atoms with van der Waals surface area (Å²) in [4.78, 5) is 17.9. The average Bonchev–Trinajstić information content (AvgIpc) is 3.25. The van der Waals surface area contributed by atoms with Crippen LogP contribution >= 0.6 is 31.4 Å². The molecule has 0 spiro atoms. The number of benzene rings is 2. The van der Waals surface area contributed by atoms with Crippen molar-refractivity contribution in [2.24, 2.45) is 5.41 Å². The first kappa shape index (κ1) is 19.6. The fraction of sp³-hybridized carbons (Fsp3) is 0.227. The van der Waals surface area contributed by atoms with Gasteiger partial charge in [0.15, 0.2) is 17.2 Å². The van der Waals surface area contributed by atoms with Crippen LogP contribution in [0.1, 0.15) is 36.3 Å². The normalized spacial score (nSPS) is 15.7. The smallest absolute Gasteiger partial charge is 0.170 e. The van der Waals surface area contributed by atoms with Crippen molar-refractivity contribution >= 4 is 59.3 Å². The molecule has 0 saturated heterocycles. The second kappa shape index (κ2) is 7.12. The third-order valence-electron chi connectivity index (χ3n) is 5.30. The van der Waals surface area contributed by atoms with Crippen LogP contribution in [0.5, 0.6) is 0 Å². The summed E-state index contributed by atoms with van der Waals surface area (Å²) in [5.41, 5.74) is 3.99. The molecule has 5 nitrogen and oxygen atoms in total. The summed E-state index contributed by atoms with van der Waals surface area (Å²) in [5, 5.41) is 10.2. The highest BCUT2D eigenvalue weighted by molar-refractivity contribution is 7.39. The number of para-hydroxylation sites is 1. The number of carbonyl (C=O) groups excluding carboxylic acids is 1. The monoisotopic (exact) mass is 456 g/mol. The largest absolute Gasteiger partial charge is 0.338 e.